The molecule has 1 amide bonds. The molecule has 1 fully saturated rings. The molecule has 1 atom stereocenters. The van der Waals surface area contributed by atoms with Gasteiger partial charge in [0.15, 0.2) is 0 Å². The number of rotatable bonds is 6. The molecule has 3 heterocycles. The summed E-state index contributed by atoms with van der Waals surface area (Å²) in [6, 6.07) is 11.1. The van der Waals surface area contributed by atoms with Crippen LogP contribution in [0.25, 0.3) is 11.7 Å². The van der Waals surface area contributed by atoms with Crippen molar-refractivity contribution in [3.8, 4) is 17.7 Å². The van der Waals surface area contributed by atoms with Gasteiger partial charge >= 0.3 is 0 Å². The summed E-state index contributed by atoms with van der Waals surface area (Å²) in [5, 5.41) is 12.4. The quantitative estimate of drug-likeness (QED) is 0.447. The van der Waals surface area contributed by atoms with Crippen molar-refractivity contribution in [2.24, 2.45) is 0 Å². The van der Waals surface area contributed by atoms with Crippen LogP contribution in [0, 0.1) is 32.1 Å². The number of carbonyl (C=O) groups is 1. The number of hydrogen-bond acceptors (Lipinski definition) is 6. The molecule has 0 spiro atoms. The molecule has 1 aliphatic heterocycles. The molecule has 0 unspecified atom stereocenters. The number of carbonyl (C=O) groups excluding carboxylic acids is 1. The van der Waals surface area contributed by atoms with Crippen LogP contribution in [0.2, 0.25) is 0 Å². The summed E-state index contributed by atoms with van der Waals surface area (Å²) in [5.74, 6) is -0.0124. The Morgan fingerprint density at radius 2 is 2.15 bits per heavy atom. The zero-order valence-corrected chi connectivity index (χ0v) is 19.4. The van der Waals surface area contributed by atoms with Gasteiger partial charge in [0.05, 0.1) is 6.10 Å². The molecule has 1 aliphatic rings. The van der Waals surface area contributed by atoms with E-state index >= 15 is 0 Å². The van der Waals surface area contributed by atoms with Gasteiger partial charge in [0, 0.05) is 19.3 Å². The van der Waals surface area contributed by atoms with Gasteiger partial charge in [-0.3, -0.25) is 14.0 Å². The minimum Gasteiger partial charge on any atom is -0.438 e. The number of hydrogen-bond donors (Lipinski definition) is 1. The van der Waals surface area contributed by atoms with Gasteiger partial charge < -0.3 is 14.8 Å². The fourth-order valence-corrected chi connectivity index (χ4v) is 3.91. The van der Waals surface area contributed by atoms with Crippen LogP contribution < -0.4 is 15.6 Å². The maximum Gasteiger partial charge on any atom is 0.269 e. The van der Waals surface area contributed by atoms with E-state index in [1.54, 1.807) is 18.3 Å². The molecule has 2 aromatic heterocycles. The fraction of sp³-hybridized carbons (Fsp3) is 0.308. The van der Waals surface area contributed by atoms with Crippen molar-refractivity contribution >= 4 is 17.6 Å². The largest absolute Gasteiger partial charge is 0.438 e. The van der Waals surface area contributed by atoms with E-state index in [1.165, 1.54) is 10.5 Å². The number of benzene rings is 1. The van der Waals surface area contributed by atoms with E-state index < -0.39 is 11.5 Å². The minimum absolute atomic E-state index is 0.0203. The lowest BCUT2D eigenvalue weighted by molar-refractivity contribution is -0.117. The fourth-order valence-electron chi connectivity index (χ4n) is 3.91. The number of aryl methyl sites for hydroxylation is 3. The maximum absolute atomic E-state index is 13.4. The van der Waals surface area contributed by atoms with Gasteiger partial charge in [0.1, 0.15) is 28.6 Å². The Bertz CT molecular complexity index is 1380. The Morgan fingerprint density at radius 1 is 1.32 bits per heavy atom. The normalized spacial score (nSPS) is 15.8. The predicted molar refractivity (Wildman–Crippen MR) is 128 cm³/mol. The van der Waals surface area contributed by atoms with Gasteiger partial charge in [-0.15, -0.1) is 0 Å². The van der Waals surface area contributed by atoms with Crippen molar-refractivity contribution in [2.75, 3.05) is 13.2 Å². The highest BCUT2D eigenvalue weighted by Crippen LogP contribution is 2.28. The zero-order chi connectivity index (χ0) is 24.2. The number of nitriles is 1. The van der Waals surface area contributed by atoms with Gasteiger partial charge in [-0.1, -0.05) is 23.8 Å². The molecule has 1 saturated heterocycles. The van der Waals surface area contributed by atoms with Crippen molar-refractivity contribution in [3.05, 3.63) is 74.7 Å². The summed E-state index contributed by atoms with van der Waals surface area (Å²) < 4.78 is 13.0. The van der Waals surface area contributed by atoms with E-state index in [1.807, 2.05) is 45.0 Å². The van der Waals surface area contributed by atoms with Crippen LogP contribution in [0.1, 0.15) is 35.1 Å². The summed E-state index contributed by atoms with van der Waals surface area (Å²) in [5.41, 5.74) is 2.54. The van der Waals surface area contributed by atoms with Gasteiger partial charge in [0.2, 0.25) is 5.88 Å². The first-order chi connectivity index (χ1) is 16.4. The number of aromatic nitrogens is 2. The Kier molecular flexibility index (Phi) is 6.75. The third-order valence-electron chi connectivity index (χ3n) is 5.75. The number of amides is 1. The highest BCUT2D eigenvalue weighted by molar-refractivity contribution is 6.01. The van der Waals surface area contributed by atoms with Gasteiger partial charge in [-0.25, -0.2) is 0 Å². The Balaban J connectivity index is 1.78. The smallest absolute Gasteiger partial charge is 0.269 e. The zero-order valence-electron chi connectivity index (χ0n) is 19.4. The molecule has 0 saturated carbocycles. The number of pyridine rings is 1. The average Bonchev–Trinajstić information content (AvgIpc) is 3.34. The highest BCUT2D eigenvalue weighted by Gasteiger charge is 2.20. The third kappa shape index (κ3) is 4.85. The van der Waals surface area contributed by atoms with E-state index in [4.69, 9.17) is 9.47 Å². The van der Waals surface area contributed by atoms with E-state index in [-0.39, 0.29) is 23.1 Å². The van der Waals surface area contributed by atoms with E-state index in [2.05, 4.69) is 10.3 Å². The number of ether oxygens (including phenoxy) is 2. The molecule has 174 valence electrons. The SMILES string of the molecule is Cc1ccc(Oc2nc3c(C)cccn3c(=O)c2/C=C(\C#N)C(=O)NC[C@@H]2CCCO2)c(C)c1. The van der Waals surface area contributed by atoms with Crippen molar-refractivity contribution in [1.82, 2.24) is 14.7 Å². The lowest BCUT2D eigenvalue weighted by atomic mass is 10.1. The van der Waals surface area contributed by atoms with Crippen molar-refractivity contribution in [2.45, 2.75) is 39.7 Å². The third-order valence-corrected chi connectivity index (χ3v) is 5.75. The summed E-state index contributed by atoms with van der Waals surface area (Å²) in [4.78, 5) is 30.7. The number of fused-ring (bicyclic) bond motifs is 1. The molecule has 3 aromatic rings. The second kappa shape index (κ2) is 9.89. The average molecular weight is 459 g/mol. The second-order valence-corrected chi connectivity index (χ2v) is 8.41. The first-order valence-corrected chi connectivity index (χ1v) is 11.2. The second-order valence-electron chi connectivity index (χ2n) is 8.41. The lowest BCUT2D eigenvalue weighted by Crippen LogP contribution is -2.32. The van der Waals surface area contributed by atoms with E-state index in [0.29, 0.717) is 24.5 Å². The van der Waals surface area contributed by atoms with Crippen molar-refractivity contribution in [1.29, 1.82) is 5.26 Å². The maximum atomic E-state index is 13.4. The van der Waals surface area contributed by atoms with Gasteiger partial charge in [-0.2, -0.15) is 10.2 Å². The summed E-state index contributed by atoms with van der Waals surface area (Å²) in [7, 11) is 0. The molecule has 8 nitrogen and oxygen atoms in total. The molecule has 0 aliphatic carbocycles. The first kappa shape index (κ1) is 23.2. The molecular formula is C26H26N4O4. The van der Waals surface area contributed by atoms with E-state index in [9.17, 15) is 14.9 Å². The highest BCUT2D eigenvalue weighted by atomic mass is 16.5. The van der Waals surface area contributed by atoms with Crippen LogP contribution in [-0.4, -0.2) is 34.5 Å². The summed E-state index contributed by atoms with van der Waals surface area (Å²) >= 11 is 0. The lowest BCUT2D eigenvalue weighted by Gasteiger charge is -2.13. The summed E-state index contributed by atoms with van der Waals surface area (Å²) in [6.07, 6.45) is 4.57. The topological polar surface area (TPSA) is 106 Å². The molecule has 4 rings (SSSR count). The Morgan fingerprint density at radius 3 is 2.85 bits per heavy atom. The monoisotopic (exact) mass is 458 g/mol. The standard InChI is InChI=1S/C26H26N4O4/c1-16-8-9-22(18(3)12-16)34-25-21(26(32)30-10-4-6-17(2)23(30)29-25)13-19(14-27)24(31)28-15-20-7-5-11-33-20/h4,6,8-10,12-13,20H,5,7,11,15H2,1-3H3,(H,28,31)/b19-13+/t20-/m0/s1. The van der Waals surface area contributed by atoms with Crippen LogP contribution in [0.5, 0.6) is 11.6 Å². The molecule has 1 N–H and O–H groups in total. The van der Waals surface area contributed by atoms with Crippen LogP contribution in [0.15, 0.2) is 46.9 Å². The molecule has 34 heavy (non-hydrogen) atoms. The number of nitrogens with zero attached hydrogens (tertiary/aromatic N) is 3. The van der Waals surface area contributed by atoms with E-state index in [0.717, 1.165) is 29.5 Å². The molecule has 0 bridgehead atoms. The predicted octanol–water partition coefficient (Wildman–Crippen LogP) is 3.61. The van der Waals surface area contributed by atoms with Crippen LogP contribution in [0.4, 0.5) is 0 Å². The molecule has 1 aromatic carbocycles. The first-order valence-electron chi connectivity index (χ1n) is 11.2. The van der Waals surface area contributed by atoms with Crippen molar-refractivity contribution in [3.63, 3.8) is 0 Å². The Hall–Kier alpha value is -3.96. The van der Waals surface area contributed by atoms with Gasteiger partial charge in [-0.05, 0) is 62.9 Å². The Labute approximate surface area is 197 Å². The van der Waals surface area contributed by atoms with Crippen molar-refractivity contribution < 1.29 is 14.3 Å². The molecular weight excluding hydrogens is 432 g/mol. The molecule has 0 radical (unpaired) electrons. The van der Waals surface area contributed by atoms with Gasteiger partial charge in [0.25, 0.3) is 11.5 Å². The number of nitrogens with one attached hydrogen (secondary N) is 1. The van der Waals surface area contributed by atoms with Crippen LogP contribution >= 0.6 is 0 Å². The molecule has 8 heteroatoms. The van der Waals surface area contributed by atoms with Crippen LogP contribution in [0.3, 0.4) is 0 Å². The van der Waals surface area contributed by atoms with Crippen LogP contribution in [-0.2, 0) is 9.53 Å². The summed E-state index contributed by atoms with van der Waals surface area (Å²) in [6.45, 7) is 6.69. The minimum atomic E-state index is -0.579.